The number of likely N-dealkylation sites (tertiary alicyclic amines) is 1. The van der Waals surface area contributed by atoms with Crippen molar-refractivity contribution in [3.8, 4) is 0 Å². The Hall–Kier alpha value is -1.86. The number of carbonyl (C=O) groups is 1. The maximum atomic E-state index is 12.7. The maximum Gasteiger partial charge on any atom is 0.414 e. The van der Waals surface area contributed by atoms with Crippen molar-refractivity contribution >= 4 is 17.6 Å². The van der Waals surface area contributed by atoms with Gasteiger partial charge >= 0.3 is 6.09 Å². The number of nitrogen functional groups attached to an aromatic ring is 1. The Kier molecular flexibility index (Phi) is 6.61. The lowest BCUT2D eigenvalue weighted by atomic mass is 9.96. The van der Waals surface area contributed by atoms with Crippen molar-refractivity contribution < 1.29 is 14.6 Å². The van der Waals surface area contributed by atoms with Crippen LogP contribution in [0, 0.1) is 5.92 Å². The number of pyridine rings is 1. The van der Waals surface area contributed by atoms with Gasteiger partial charge in [0, 0.05) is 13.1 Å². The number of piperidine rings is 1. The van der Waals surface area contributed by atoms with Crippen LogP contribution in [-0.2, 0) is 4.74 Å². The number of aliphatic hydroxyl groups excluding tert-OH is 1. The molecule has 2 rings (SSSR count). The maximum absolute atomic E-state index is 12.7. The summed E-state index contributed by atoms with van der Waals surface area (Å²) >= 11 is 0. The first kappa shape index (κ1) is 19.5. The Bertz CT molecular complexity index is 548. The summed E-state index contributed by atoms with van der Waals surface area (Å²) in [5.41, 5.74) is 5.80. The molecule has 1 aliphatic rings. The molecule has 0 spiro atoms. The first-order chi connectivity index (χ1) is 11.8. The van der Waals surface area contributed by atoms with Crippen LogP contribution < -0.4 is 10.6 Å². The molecule has 2 heterocycles. The number of amides is 1. The molecule has 0 unspecified atom stereocenters. The summed E-state index contributed by atoms with van der Waals surface area (Å²) in [5, 5.41) is 9.05. The predicted octanol–water partition coefficient (Wildman–Crippen LogP) is 2.11. The molecule has 25 heavy (non-hydrogen) atoms. The van der Waals surface area contributed by atoms with Gasteiger partial charge in [0.25, 0.3) is 0 Å². The predicted molar refractivity (Wildman–Crippen MR) is 98.5 cm³/mol. The monoisotopic (exact) mass is 350 g/mol. The fourth-order valence-corrected chi connectivity index (χ4v) is 2.95. The summed E-state index contributed by atoms with van der Waals surface area (Å²) in [7, 11) is 0. The number of hydrogen-bond donors (Lipinski definition) is 2. The quantitative estimate of drug-likeness (QED) is 0.845. The summed E-state index contributed by atoms with van der Waals surface area (Å²) in [5.74, 6) is 0.810. The second kappa shape index (κ2) is 8.49. The molecule has 1 saturated heterocycles. The molecule has 1 aromatic heterocycles. The van der Waals surface area contributed by atoms with Crippen LogP contribution >= 0.6 is 0 Å². The van der Waals surface area contributed by atoms with Crippen LogP contribution in [0.15, 0.2) is 18.3 Å². The van der Waals surface area contributed by atoms with Crippen LogP contribution in [0.5, 0.6) is 0 Å². The molecule has 140 valence electrons. The minimum atomic E-state index is -0.555. The molecule has 1 fully saturated rings. The Labute approximate surface area is 149 Å². The summed E-state index contributed by atoms with van der Waals surface area (Å²) in [6.07, 6.45) is 3.22. The zero-order valence-electron chi connectivity index (χ0n) is 15.4. The van der Waals surface area contributed by atoms with Crippen molar-refractivity contribution in [1.29, 1.82) is 0 Å². The first-order valence-corrected chi connectivity index (χ1v) is 8.84. The van der Waals surface area contributed by atoms with Crippen molar-refractivity contribution in [3.63, 3.8) is 0 Å². The van der Waals surface area contributed by atoms with E-state index in [1.165, 1.54) is 0 Å². The van der Waals surface area contributed by atoms with E-state index in [4.69, 9.17) is 15.6 Å². The van der Waals surface area contributed by atoms with E-state index in [2.05, 4.69) is 9.88 Å². The summed E-state index contributed by atoms with van der Waals surface area (Å²) in [6.45, 7) is 8.94. The smallest absolute Gasteiger partial charge is 0.414 e. The molecule has 3 N–H and O–H groups in total. The zero-order valence-corrected chi connectivity index (χ0v) is 15.4. The Morgan fingerprint density at radius 1 is 1.40 bits per heavy atom. The van der Waals surface area contributed by atoms with Gasteiger partial charge in [0.15, 0.2) is 0 Å². The molecule has 0 bridgehead atoms. The molecule has 0 saturated carbocycles. The van der Waals surface area contributed by atoms with Gasteiger partial charge in [0.05, 0.1) is 18.5 Å². The molecule has 7 heteroatoms. The SMILES string of the molecule is CC(C)(C)OC(=O)N(CC1CCN(CCO)CC1)c1ccc(N)nc1. The highest BCUT2D eigenvalue weighted by Gasteiger charge is 2.28. The van der Waals surface area contributed by atoms with Crippen molar-refractivity contribution in [2.45, 2.75) is 39.2 Å². The van der Waals surface area contributed by atoms with E-state index in [1.807, 2.05) is 20.8 Å². The zero-order chi connectivity index (χ0) is 18.4. The number of carbonyl (C=O) groups excluding carboxylic acids is 1. The van der Waals surface area contributed by atoms with Gasteiger partial charge in [-0.15, -0.1) is 0 Å². The van der Waals surface area contributed by atoms with Crippen molar-refractivity contribution in [1.82, 2.24) is 9.88 Å². The van der Waals surface area contributed by atoms with Crippen molar-refractivity contribution in [3.05, 3.63) is 18.3 Å². The van der Waals surface area contributed by atoms with Crippen LogP contribution in [0.25, 0.3) is 0 Å². The molecule has 0 aliphatic carbocycles. The minimum Gasteiger partial charge on any atom is -0.443 e. The summed E-state index contributed by atoms with van der Waals surface area (Å²) in [4.78, 5) is 20.7. The summed E-state index contributed by atoms with van der Waals surface area (Å²) in [6, 6.07) is 3.49. The van der Waals surface area contributed by atoms with Gasteiger partial charge in [0.1, 0.15) is 11.4 Å². The number of nitrogens with two attached hydrogens (primary N) is 1. The molecule has 1 aromatic rings. The standard InChI is InChI=1S/C18H30N4O3/c1-18(2,3)25-17(24)22(15-4-5-16(19)20-12-15)13-14-6-8-21(9-7-14)10-11-23/h4-5,12,14,23H,6-11,13H2,1-3H3,(H2,19,20). The van der Waals surface area contributed by atoms with E-state index in [1.54, 1.807) is 23.2 Å². The highest BCUT2D eigenvalue weighted by Crippen LogP contribution is 2.24. The first-order valence-electron chi connectivity index (χ1n) is 8.84. The fourth-order valence-electron chi connectivity index (χ4n) is 2.95. The second-order valence-corrected chi connectivity index (χ2v) is 7.54. The number of ether oxygens (including phenoxy) is 1. The van der Waals surface area contributed by atoms with Crippen LogP contribution in [0.1, 0.15) is 33.6 Å². The number of β-amino-alcohol motifs (C(OH)–C–C–N with tert-alkyl or cyclic N) is 1. The van der Waals surface area contributed by atoms with E-state index in [0.717, 1.165) is 25.9 Å². The van der Waals surface area contributed by atoms with E-state index in [9.17, 15) is 4.79 Å². The van der Waals surface area contributed by atoms with Gasteiger partial charge in [0.2, 0.25) is 0 Å². The minimum absolute atomic E-state index is 0.186. The normalized spacial score (nSPS) is 16.6. The van der Waals surface area contributed by atoms with Crippen molar-refractivity contribution in [2.75, 3.05) is 43.4 Å². The number of hydrogen-bond acceptors (Lipinski definition) is 6. The van der Waals surface area contributed by atoms with Gasteiger partial charge in [-0.05, 0) is 64.8 Å². The van der Waals surface area contributed by atoms with Gasteiger partial charge in [-0.1, -0.05) is 0 Å². The van der Waals surface area contributed by atoms with Crippen LogP contribution in [0.2, 0.25) is 0 Å². The van der Waals surface area contributed by atoms with Gasteiger partial charge < -0.3 is 20.5 Å². The van der Waals surface area contributed by atoms with Gasteiger partial charge in [-0.2, -0.15) is 0 Å². The van der Waals surface area contributed by atoms with E-state index in [-0.39, 0.29) is 12.7 Å². The van der Waals surface area contributed by atoms with Crippen molar-refractivity contribution in [2.24, 2.45) is 5.92 Å². The topological polar surface area (TPSA) is 91.9 Å². The van der Waals surface area contributed by atoms with Gasteiger partial charge in [-0.25, -0.2) is 9.78 Å². The average Bonchev–Trinajstić information content (AvgIpc) is 2.54. The summed E-state index contributed by atoms with van der Waals surface area (Å²) < 4.78 is 5.57. The molecule has 0 atom stereocenters. The van der Waals surface area contributed by atoms with E-state index < -0.39 is 5.60 Å². The largest absolute Gasteiger partial charge is 0.443 e. The Morgan fingerprint density at radius 2 is 2.08 bits per heavy atom. The van der Waals surface area contributed by atoms with Crippen LogP contribution in [0.4, 0.5) is 16.3 Å². The molecular weight excluding hydrogens is 320 g/mol. The average molecular weight is 350 g/mol. The highest BCUT2D eigenvalue weighted by atomic mass is 16.6. The van der Waals surface area contributed by atoms with Crippen LogP contribution in [0.3, 0.4) is 0 Å². The van der Waals surface area contributed by atoms with Crippen LogP contribution in [-0.4, -0.2) is 59.5 Å². The number of aromatic nitrogens is 1. The molecule has 0 radical (unpaired) electrons. The Balaban J connectivity index is 2.07. The third kappa shape index (κ3) is 6.17. The molecule has 1 aliphatic heterocycles. The number of anilines is 2. The second-order valence-electron chi connectivity index (χ2n) is 7.54. The number of aliphatic hydroxyl groups is 1. The number of nitrogens with zero attached hydrogens (tertiary/aromatic N) is 3. The van der Waals surface area contributed by atoms with Gasteiger partial charge in [-0.3, -0.25) is 4.90 Å². The third-order valence-corrected chi connectivity index (χ3v) is 4.26. The lowest BCUT2D eigenvalue weighted by Gasteiger charge is -2.35. The lowest BCUT2D eigenvalue weighted by Crippen LogP contribution is -2.43. The number of rotatable bonds is 5. The highest BCUT2D eigenvalue weighted by molar-refractivity contribution is 5.87. The molecule has 1 amide bonds. The molecule has 0 aromatic carbocycles. The lowest BCUT2D eigenvalue weighted by molar-refractivity contribution is 0.0567. The van der Waals surface area contributed by atoms with E-state index in [0.29, 0.717) is 30.5 Å². The van der Waals surface area contributed by atoms with E-state index >= 15 is 0 Å². The Morgan fingerprint density at radius 3 is 2.60 bits per heavy atom. The third-order valence-electron chi connectivity index (χ3n) is 4.26. The molecule has 7 nitrogen and oxygen atoms in total. The fraction of sp³-hybridized carbons (Fsp3) is 0.667. The molecular formula is C18H30N4O3.